The van der Waals surface area contributed by atoms with E-state index in [1.54, 1.807) is 13.2 Å². The molecule has 1 aliphatic carbocycles. The first-order valence-electron chi connectivity index (χ1n) is 6.31. The van der Waals surface area contributed by atoms with Gasteiger partial charge in [-0.3, -0.25) is 0 Å². The molecule has 0 radical (unpaired) electrons. The van der Waals surface area contributed by atoms with Gasteiger partial charge in [0, 0.05) is 5.25 Å². The molecule has 0 aromatic rings. The summed E-state index contributed by atoms with van der Waals surface area (Å²) in [7, 11) is -6.34. The lowest BCUT2D eigenvalue weighted by Crippen LogP contribution is -2.56. The van der Waals surface area contributed by atoms with Crippen LogP contribution in [0.2, 0.25) is 0 Å². The van der Waals surface area contributed by atoms with Gasteiger partial charge in [-0.05, 0) is 29.3 Å². The molecule has 1 aliphatic rings. The summed E-state index contributed by atoms with van der Waals surface area (Å²) in [5.74, 6) is -6.75. The van der Waals surface area contributed by atoms with Gasteiger partial charge in [0.05, 0.1) is 9.23 Å². The van der Waals surface area contributed by atoms with Gasteiger partial charge in [0.25, 0.3) is 0 Å². The predicted octanol–water partition coefficient (Wildman–Crippen LogP) is 5.64. The largest absolute Gasteiger partial charge is 0.461 e. The molecule has 0 saturated carbocycles. The van der Waals surface area contributed by atoms with E-state index in [1.807, 2.05) is 0 Å². The number of halogens is 9. The SMILES string of the molecule is CSC(C)C1(Br)C=C(S(=O)(=O)C(F)(F)C(F)(F)C(F)(F)F)C=C(Br)C1. The van der Waals surface area contributed by atoms with Crippen LogP contribution in [0, 0.1) is 0 Å². The minimum Gasteiger partial charge on any atom is -0.217 e. The highest BCUT2D eigenvalue weighted by Gasteiger charge is 2.79. The van der Waals surface area contributed by atoms with Crippen molar-refractivity contribution in [1.82, 2.24) is 0 Å². The topological polar surface area (TPSA) is 34.1 Å². The Morgan fingerprint density at radius 2 is 1.68 bits per heavy atom. The molecule has 2 unspecified atom stereocenters. The molecule has 0 fully saturated rings. The molecule has 13 heteroatoms. The van der Waals surface area contributed by atoms with E-state index >= 15 is 0 Å². The molecule has 0 amide bonds. The third-order valence-corrected chi connectivity index (χ3v) is 8.44. The van der Waals surface area contributed by atoms with Gasteiger partial charge in [0.2, 0.25) is 9.84 Å². The zero-order valence-electron chi connectivity index (χ0n) is 12.5. The number of allylic oxidation sites excluding steroid dienone is 3. The summed E-state index contributed by atoms with van der Waals surface area (Å²) in [5.41, 5.74) is 0. The number of rotatable bonds is 5. The lowest BCUT2D eigenvalue weighted by atomic mass is 9.97. The molecule has 0 N–H and O–H groups in total. The lowest BCUT2D eigenvalue weighted by Gasteiger charge is -2.34. The summed E-state index contributed by atoms with van der Waals surface area (Å²) in [6, 6.07) is 0. The lowest BCUT2D eigenvalue weighted by molar-refractivity contribution is -0.331. The first kappa shape index (κ1) is 23.3. The highest BCUT2D eigenvalue weighted by Crippen LogP contribution is 2.52. The second-order valence-corrected chi connectivity index (χ2v) is 10.9. The van der Waals surface area contributed by atoms with E-state index < -0.39 is 41.7 Å². The van der Waals surface area contributed by atoms with Crippen molar-refractivity contribution in [2.75, 3.05) is 6.26 Å². The quantitative estimate of drug-likeness (QED) is 0.332. The molecule has 146 valence electrons. The number of sulfone groups is 1. The van der Waals surface area contributed by atoms with Crippen LogP contribution < -0.4 is 0 Å². The average Bonchev–Trinajstić information content (AvgIpc) is 2.43. The smallest absolute Gasteiger partial charge is 0.217 e. The van der Waals surface area contributed by atoms with Gasteiger partial charge in [-0.1, -0.05) is 38.8 Å². The molecule has 2 nitrogen and oxygen atoms in total. The van der Waals surface area contributed by atoms with Gasteiger partial charge < -0.3 is 0 Å². The molecular weight excluding hydrogens is 533 g/mol. The van der Waals surface area contributed by atoms with Crippen LogP contribution in [0.1, 0.15) is 13.3 Å². The molecule has 0 saturated heterocycles. The van der Waals surface area contributed by atoms with E-state index in [4.69, 9.17) is 0 Å². The van der Waals surface area contributed by atoms with Crippen LogP contribution in [-0.4, -0.2) is 41.6 Å². The molecule has 0 heterocycles. The first-order chi connectivity index (χ1) is 10.9. The number of hydrogen-bond donors (Lipinski definition) is 0. The van der Waals surface area contributed by atoms with Gasteiger partial charge >= 0.3 is 17.4 Å². The summed E-state index contributed by atoms with van der Waals surface area (Å²) in [6.07, 6.45) is -3.68. The van der Waals surface area contributed by atoms with Crippen molar-refractivity contribution in [2.45, 2.75) is 40.3 Å². The second kappa shape index (κ2) is 7.01. The summed E-state index contributed by atoms with van der Waals surface area (Å²) >= 11 is 7.29. The maximum Gasteiger partial charge on any atom is 0.461 e. The van der Waals surface area contributed by atoms with Crippen LogP contribution in [0.25, 0.3) is 0 Å². The molecule has 2 atom stereocenters. The second-order valence-electron chi connectivity index (χ2n) is 5.21. The van der Waals surface area contributed by atoms with Gasteiger partial charge in [-0.15, -0.1) is 0 Å². The molecule has 1 rings (SSSR count). The van der Waals surface area contributed by atoms with Crippen molar-refractivity contribution in [3.63, 3.8) is 0 Å². The van der Waals surface area contributed by atoms with E-state index in [1.165, 1.54) is 11.8 Å². The molecule has 0 spiro atoms. The van der Waals surface area contributed by atoms with E-state index in [9.17, 15) is 39.2 Å². The summed E-state index contributed by atoms with van der Waals surface area (Å²) in [6.45, 7) is 1.61. The average molecular weight is 544 g/mol. The normalized spacial score (nSPS) is 24.6. The summed E-state index contributed by atoms with van der Waals surface area (Å²) < 4.78 is 113. The third kappa shape index (κ3) is 3.93. The summed E-state index contributed by atoms with van der Waals surface area (Å²) in [4.78, 5) is -1.32. The fourth-order valence-electron chi connectivity index (χ4n) is 1.89. The Morgan fingerprint density at radius 1 is 1.20 bits per heavy atom. The van der Waals surface area contributed by atoms with E-state index in [-0.39, 0.29) is 10.9 Å². The fraction of sp³-hybridized carbons (Fsp3) is 0.667. The Morgan fingerprint density at radius 3 is 2.08 bits per heavy atom. The van der Waals surface area contributed by atoms with Crippen molar-refractivity contribution >= 4 is 53.5 Å². The van der Waals surface area contributed by atoms with Crippen LogP contribution in [0.5, 0.6) is 0 Å². The number of hydrogen-bond acceptors (Lipinski definition) is 3. The molecule has 0 aromatic carbocycles. The minimum absolute atomic E-state index is 0.0532. The predicted molar refractivity (Wildman–Crippen MR) is 89.2 cm³/mol. The van der Waals surface area contributed by atoms with Crippen LogP contribution in [0.3, 0.4) is 0 Å². The molecule has 0 aromatic heterocycles. The molecular formula is C12H11Br2F7O2S2. The molecule has 0 bridgehead atoms. The van der Waals surface area contributed by atoms with Crippen LogP contribution in [-0.2, 0) is 9.84 Å². The first-order valence-corrected chi connectivity index (χ1v) is 10.7. The van der Waals surface area contributed by atoms with Crippen LogP contribution in [0.4, 0.5) is 30.7 Å². The van der Waals surface area contributed by atoms with Crippen molar-refractivity contribution in [2.24, 2.45) is 0 Å². The van der Waals surface area contributed by atoms with Crippen molar-refractivity contribution < 1.29 is 39.2 Å². The molecule has 0 aliphatic heterocycles. The van der Waals surface area contributed by atoms with E-state index in [2.05, 4.69) is 31.9 Å². The standard InChI is InChI=1S/C12H11Br2F7O2S2/c1-6(24-2)9(14)4-7(13)3-8(5-9)25(22,23)12(20,21)10(15,16)11(17,18)19/h3,5-6H,4H2,1-2H3. The number of alkyl halides is 8. The molecule has 25 heavy (non-hydrogen) atoms. The third-order valence-electron chi connectivity index (χ3n) is 3.52. The van der Waals surface area contributed by atoms with E-state index in [0.29, 0.717) is 6.08 Å². The van der Waals surface area contributed by atoms with Crippen molar-refractivity contribution in [3.05, 3.63) is 21.5 Å². The minimum atomic E-state index is -6.75. The van der Waals surface area contributed by atoms with Crippen LogP contribution >= 0.6 is 43.6 Å². The van der Waals surface area contributed by atoms with Crippen molar-refractivity contribution in [1.29, 1.82) is 0 Å². The maximum atomic E-state index is 13.8. The Balaban J connectivity index is 3.56. The Kier molecular flexibility index (Phi) is 6.53. The fourth-order valence-corrected chi connectivity index (χ4v) is 6.34. The Labute approximate surface area is 160 Å². The maximum absolute atomic E-state index is 13.8. The van der Waals surface area contributed by atoms with Gasteiger partial charge in [-0.25, -0.2) is 8.42 Å². The van der Waals surface area contributed by atoms with Gasteiger partial charge in [0.15, 0.2) is 0 Å². The van der Waals surface area contributed by atoms with Crippen LogP contribution in [0.15, 0.2) is 21.5 Å². The Hall–Kier alpha value is 0.250. The summed E-state index contributed by atoms with van der Waals surface area (Å²) in [5, 5.41) is -6.78. The Bertz CT molecular complexity index is 701. The van der Waals surface area contributed by atoms with Gasteiger partial charge in [-0.2, -0.15) is 42.5 Å². The highest BCUT2D eigenvalue weighted by atomic mass is 79.9. The number of thioether (sulfide) groups is 1. The monoisotopic (exact) mass is 542 g/mol. The van der Waals surface area contributed by atoms with Gasteiger partial charge in [0.1, 0.15) is 0 Å². The van der Waals surface area contributed by atoms with E-state index in [0.717, 1.165) is 6.08 Å². The zero-order chi connectivity index (χ0) is 20.1. The zero-order valence-corrected chi connectivity index (χ0v) is 17.3. The highest BCUT2D eigenvalue weighted by molar-refractivity contribution is 9.12. The van der Waals surface area contributed by atoms with Crippen molar-refractivity contribution in [3.8, 4) is 0 Å².